The predicted octanol–water partition coefficient (Wildman–Crippen LogP) is 5.75. The van der Waals surface area contributed by atoms with E-state index in [4.69, 9.17) is 20.9 Å². The SMILES string of the molecule is CC(C)(N)CC(C)(N)C(C)(C)C(=O)OCCCOc1ccc2c(c1)CCCC(c1ccccc1)=C2. The van der Waals surface area contributed by atoms with Gasteiger partial charge in [0.2, 0.25) is 0 Å². The van der Waals surface area contributed by atoms with Gasteiger partial charge in [0, 0.05) is 17.5 Å². The van der Waals surface area contributed by atoms with Gasteiger partial charge in [0.15, 0.2) is 0 Å². The summed E-state index contributed by atoms with van der Waals surface area (Å²) in [6.07, 6.45) is 6.64. The molecule has 2 aromatic carbocycles. The standard InChI is InChI=1S/C30H42N2O3/c1-28(2,31)21-30(5,32)29(3,4)27(33)35-18-10-17-34-26-16-15-25-19-23(13-9-14-24(25)20-26)22-11-7-6-8-12-22/h6-8,11-12,15-16,19-20H,9-10,13-14,17-18,21,31-32H2,1-5H3. The Morgan fingerprint density at radius 2 is 1.66 bits per heavy atom. The molecule has 0 amide bonds. The third-order valence-electron chi connectivity index (χ3n) is 7.03. The molecule has 0 aliphatic heterocycles. The molecular formula is C30H42N2O3. The molecule has 0 saturated carbocycles. The van der Waals surface area contributed by atoms with Gasteiger partial charge < -0.3 is 20.9 Å². The van der Waals surface area contributed by atoms with E-state index in [1.165, 1.54) is 22.3 Å². The molecule has 0 fully saturated rings. The van der Waals surface area contributed by atoms with E-state index in [1.807, 2.05) is 40.7 Å². The Labute approximate surface area is 210 Å². The molecule has 1 aliphatic carbocycles. The van der Waals surface area contributed by atoms with Gasteiger partial charge >= 0.3 is 5.97 Å². The molecule has 5 nitrogen and oxygen atoms in total. The maximum Gasteiger partial charge on any atom is 0.313 e. The van der Waals surface area contributed by atoms with Crippen molar-refractivity contribution in [1.82, 2.24) is 0 Å². The highest BCUT2D eigenvalue weighted by atomic mass is 16.5. The monoisotopic (exact) mass is 478 g/mol. The van der Waals surface area contributed by atoms with Crippen LogP contribution in [0.15, 0.2) is 48.5 Å². The quantitative estimate of drug-likeness (QED) is 0.335. The second-order valence-electron chi connectivity index (χ2n) is 11.3. The zero-order valence-corrected chi connectivity index (χ0v) is 22.0. The molecule has 0 heterocycles. The minimum absolute atomic E-state index is 0.290. The van der Waals surface area contributed by atoms with Crippen LogP contribution >= 0.6 is 0 Å². The molecule has 190 valence electrons. The first-order valence-corrected chi connectivity index (χ1v) is 12.7. The van der Waals surface area contributed by atoms with E-state index < -0.39 is 16.5 Å². The fourth-order valence-corrected chi connectivity index (χ4v) is 4.63. The van der Waals surface area contributed by atoms with Crippen molar-refractivity contribution in [2.75, 3.05) is 13.2 Å². The van der Waals surface area contributed by atoms with Crippen molar-refractivity contribution in [3.05, 3.63) is 65.2 Å². The van der Waals surface area contributed by atoms with Crippen molar-refractivity contribution in [1.29, 1.82) is 0 Å². The molecule has 2 aromatic rings. The normalized spacial score (nSPS) is 15.9. The van der Waals surface area contributed by atoms with E-state index in [0.29, 0.717) is 26.1 Å². The molecular weight excluding hydrogens is 436 g/mol. The summed E-state index contributed by atoms with van der Waals surface area (Å²) < 4.78 is 11.5. The number of ether oxygens (including phenoxy) is 2. The maximum absolute atomic E-state index is 12.8. The van der Waals surface area contributed by atoms with Crippen molar-refractivity contribution < 1.29 is 14.3 Å². The first-order chi connectivity index (χ1) is 16.4. The zero-order chi connectivity index (χ0) is 25.7. The van der Waals surface area contributed by atoms with E-state index in [2.05, 4.69) is 48.5 Å². The van der Waals surface area contributed by atoms with Crippen LogP contribution in [0.2, 0.25) is 0 Å². The molecule has 1 atom stereocenters. The first kappa shape index (κ1) is 27.0. The van der Waals surface area contributed by atoms with E-state index in [0.717, 1.165) is 25.0 Å². The molecule has 1 unspecified atom stereocenters. The van der Waals surface area contributed by atoms with Crippen molar-refractivity contribution >= 4 is 17.6 Å². The van der Waals surface area contributed by atoms with Crippen LogP contribution in [0.4, 0.5) is 0 Å². The molecule has 35 heavy (non-hydrogen) atoms. The summed E-state index contributed by atoms with van der Waals surface area (Å²) in [6, 6.07) is 16.9. The second-order valence-corrected chi connectivity index (χ2v) is 11.3. The number of fused-ring (bicyclic) bond motifs is 1. The zero-order valence-electron chi connectivity index (χ0n) is 22.0. The highest BCUT2D eigenvalue weighted by Crippen LogP contribution is 2.35. The number of carbonyl (C=O) groups excluding carboxylic acids is 1. The predicted molar refractivity (Wildman–Crippen MR) is 144 cm³/mol. The van der Waals surface area contributed by atoms with Gasteiger partial charge in [-0.15, -0.1) is 0 Å². The van der Waals surface area contributed by atoms with Crippen molar-refractivity contribution in [3.8, 4) is 5.75 Å². The van der Waals surface area contributed by atoms with Crippen molar-refractivity contribution in [3.63, 3.8) is 0 Å². The average Bonchev–Trinajstić information content (AvgIpc) is 2.99. The lowest BCUT2D eigenvalue weighted by Gasteiger charge is -2.42. The summed E-state index contributed by atoms with van der Waals surface area (Å²) in [7, 11) is 0. The highest BCUT2D eigenvalue weighted by molar-refractivity contribution is 5.83. The van der Waals surface area contributed by atoms with Gasteiger partial charge in [-0.2, -0.15) is 0 Å². The van der Waals surface area contributed by atoms with E-state index in [-0.39, 0.29) is 5.97 Å². The Hall–Kier alpha value is -2.63. The summed E-state index contributed by atoms with van der Waals surface area (Å²) in [4.78, 5) is 12.8. The molecule has 5 heteroatoms. The number of rotatable bonds is 10. The topological polar surface area (TPSA) is 87.6 Å². The smallest absolute Gasteiger partial charge is 0.313 e. The summed E-state index contributed by atoms with van der Waals surface area (Å²) in [6.45, 7) is 10.1. The minimum Gasteiger partial charge on any atom is -0.493 e. The number of nitrogens with two attached hydrogens (primary N) is 2. The van der Waals surface area contributed by atoms with Crippen LogP contribution in [0.3, 0.4) is 0 Å². The lowest BCUT2D eigenvalue weighted by molar-refractivity contribution is -0.158. The Bertz CT molecular complexity index is 1030. The minimum atomic E-state index is -0.854. The first-order valence-electron chi connectivity index (χ1n) is 12.7. The van der Waals surface area contributed by atoms with Crippen LogP contribution < -0.4 is 16.2 Å². The van der Waals surface area contributed by atoms with Gasteiger partial charge in [-0.3, -0.25) is 4.79 Å². The molecule has 0 radical (unpaired) electrons. The fraction of sp³-hybridized carbons (Fsp3) is 0.500. The number of hydrogen-bond donors (Lipinski definition) is 2. The fourth-order valence-electron chi connectivity index (χ4n) is 4.63. The van der Waals surface area contributed by atoms with Gasteiger partial charge in [0.05, 0.1) is 18.6 Å². The molecule has 4 N–H and O–H groups in total. The largest absolute Gasteiger partial charge is 0.493 e. The lowest BCUT2D eigenvalue weighted by Crippen LogP contribution is -2.59. The second kappa shape index (κ2) is 11.0. The summed E-state index contributed by atoms with van der Waals surface area (Å²) >= 11 is 0. The Morgan fingerprint density at radius 3 is 2.34 bits per heavy atom. The van der Waals surface area contributed by atoms with Gasteiger partial charge in [0.1, 0.15) is 5.75 Å². The average molecular weight is 479 g/mol. The van der Waals surface area contributed by atoms with Crippen LogP contribution in [-0.2, 0) is 16.0 Å². The third kappa shape index (κ3) is 7.18. The Balaban J connectivity index is 1.51. The van der Waals surface area contributed by atoms with Gasteiger partial charge in [-0.25, -0.2) is 0 Å². The third-order valence-corrected chi connectivity index (χ3v) is 7.03. The summed E-state index contributed by atoms with van der Waals surface area (Å²) in [5.74, 6) is 0.546. The number of carbonyl (C=O) groups is 1. The Morgan fingerprint density at radius 1 is 0.943 bits per heavy atom. The van der Waals surface area contributed by atoms with Crippen LogP contribution in [0.5, 0.6) is 5.75 Å². The van der Waals surface area contributed by atoms with E-state index in [9.17, 15) is 4.79 Å². The molecule has 0 spiro atoms. The lowest BCUT2D eigenvalue weighted by atomic mass is 9.68. The van der Waals surface area contributed by atoms with E-state index in [1.54, 1.807) is 0 Å². The van der Waals surface area contributed by atoms with Crippen LogP contribution in [0.1, 0.15) is 77.0 Å². The van der Waals surface area contributed by atoms with Crippen molar-refractivity contribution in [2.45, 2.75) is 77.8 Å². The van der Waals surface area contributed by atoms with Crippen LogP contribution in [0.25, 0.3) is 11.6 Å². The van der Waals surface area contributed by atoms with E-state index >= 15 is 0 Å². The van der Waals surface area contributed by atoms with Gasteiger partial charge in [-0.05, 0) is 94.7 Å². The van der Waals surface area contributed by atoms with Crippen LogP contribution in [-0.4, -0.2) is 30.3 Å². The number of aryl methyl sites for hydroxylation is 1. The molecule has 1 aliphatic rings. The molecule has 0 saturated heterocycles. The maximum atomic E-state index is 12.8. The highest BCUT2D eigenvalue weighted by Gasteiger charge is 2.46. The van der Waals surface area contributed by atoms with Crippen LogP contribution in [0, 0.1) is 5.41 Å². The number of allylic oxidation sites excluding steroid dienone is 1. The summed E-state index contributed by atoms with van der Waals surface area (Å²) in [5.41, 5.74) is 15.8. The number of esters is 1. The summed E-state index contributed by atoms with van der Waals surface area (Å²) in [5, 5.41) is 0. The van der Waals surface area contributed by atoms with Crippen molar-refractivity contribution in [2.24, 2.45) is 16.9 Å². The molecule has 0 bridgehead atoms. The Kier molecular flexibility index (Phi) is 8.45. The number of benzene rings is 2. The molecule has 0 aromatic heterocycles. The van der Waals surface area contributed by atoms with Gasteiger partial charge in [-0.1, -0.05) is 42.5 Å². The number of hydrogen-bond acceptors (Lipinski definition) is 5. The molecule has 3 rings (SSSR count). The van der Waals surface area contributed by atoms with Gasteiger partial charge in [0.25, 0.3) is 0 Å².